The van der Waals surface area contributed by atoms with Gasteiger partial charge in [0.05, 0.1) is 6.61 Å². The molecular weight excluding hydrogens is 246 g/mol. The Bertz CT molecular complexity index is 595. The number of nitrogens with zero attached hydrogens (tertiary/aromatic N) is 2. The predicted molar refractivity (Wildman–Crippen MR) is 72.3 cm³/mol. The van der Waals surface area contributed by atoms with E-state index >= 15 is 0 Å². The van der Waals surface area contributed by atoms with Crippen molar-refractivity contribution in [1.82, 2.24) is 14.8 Å². The third kappa shape index (κ3) is 2.06. The lowest BCUT2D eigenvalue weighted by Crippen LogP contribution is -1.97. The van der Waals surface area contributed by atoms with Crippen LogP contribution in [0.2, 0.25) is 0 Å². The molecule has 2 aromatic rings. The number of hydrogen-bond acceptors (Lipinski definition) is 3. The van der Waals surface area contributed by atoms with E-state index in [1.165, 1.54) is 12.8 Å². The second-order valence-corrected chi connectivity index (χ2v) is 4.80. The Kier molecular flexibility index (Phi) is 2.91. The van der Waals surface area contributed by atoms with Crippen LogP contribution in [-0.4, -0.2) is 21.4 Å². The molecule has 1 fully saturated rings. The molecule has 1 aliphatic carbocycles. The lowest BCUT2D eigenvalue weighted by molar-refractivity contribution is 0.340. The highest BCUT2D eigenvalue weighted by atomic mass is 32.1. The van der Waals surface area contributed by atoms with Gasteiger partial charge >= 0.3 is 0 Å². The first-order valence-corrected chi connectivity index (χ1v) is 6.60. The number of H-pyrrole nitrogens is 1. The molecule has 1 aromatic carbocycles. The van der Waals surface area contributed by atoms with E-state index in [-0.39, 0.29) is 0 Å². The SMILES string of the molecule is CCOc1ccc(-c2n[nH]c(=S)n2C2CC2)cc1. The first-order valence-electron chi connectivity index (χ1n) is 6.19. The van der Waals surface area contributed by atoms with E-state index in [1.807, 2.05) is 31.2 Å². The summed E-state index contributed by atoms with van der Waals surface area (Å²) in [4.78, 5) is 0. The zero-order valence-corrected chi connectivity index (χ0v) is 11.0. The minimum absolute atomic E-state index is 0.526. The first kappa shape index (κ1) is 11.5. The van der Waals surface area contributed by atoms with Gasteiger partial charge < -0.3 is 4.74 Å². The summed E-state index contributed by atoms with van der Waals surface area (Å²) in [6.07, 6.45) is 2.38. The Morgan fingerprint density at radius 3 is 2.72 bits per heavy atom. The van der Waals surface area contributed by atoms with Crippen LogP contribution in [0.3, 0.4) is 0 Å². The summed E-state index contributed by atoms with van der Waals surface area (Å²) in [5, 5.41) is 7.21. The lowest BCUT2D eigenvalue weighted by Gasteiger charge is -2.06. The molecule has 0 unspecified atom stereocenters. The zero-order chi connectivity index (χ0) is 12.5. The van der Waals surface area contributed by atoms with E-state index in [9.17, 15) is 0 Å². The van der Waals surface area contributed by atoms with Crippen molar-refractivity contribution in [2.24, 2.45) is 0 Å². The van der Waals surface area contributed by atoms with Crippen LogP contribution < -0.4 is 4.74 Å². The Labute approximate surface area is 111 Å². The molecule has 5 heteroatoms. The van der Waals surface area contributed by atoms with E-state index in [4.69, 9.17) is 17.0 Å². The number of ether oxygens (including phenoxy) is 1. The number of aromatic nitrogens is 3. The van der Waals surface area contributed by atoms with E-state index in [0.29, 0.717) is 17.4 Å². The van der Waals surface area contributed by atoms with Crippen LogP contribution in [-0.2, 0) is 0 Å². The zero-order valence-electron chi connectivity index (χ0n) is 10.2. The van der Waals surface area contributed by atoms with Gasteiger partial charge in [-0.2, -0.15) is 5.10 Å². The first-order chi connectivity index (χ1) is 8.79. The summed E-state index contributed by atoms with van der Waals surface area (Å²) in [7, 11) is 0. The molecule has 1 saturated carbocycles. The molecule has 0 amide bonds. The molecule has 0 radical (unpaired) electrons. The van der Waals surface area contributed by atoms with Crippen LogP contribution in [0, 0.1) is 4.77 Å². The highest BCUT2D eigenvalue weighted by molar-refractivity contribution is 7.71. The van der Waals surface area contributed by atoms with Gasteiger partial charge in [-0.05, 0) is 56.2 Å². The fourth-order valence-corrected chi connectivity index (χ4v) is 2.33. The van der Waals surface area contributed by atoms with Gasteiger partial charge in [-0.3, -0.25) is 9.67 Å². The van der Waals surface area contributed by atoms with E-state index in [0.717, 1.165) is 17.1 Å². The summed E-state index contributed by atoms with van der Waals surface area (Å²) < 4.78 is 8.26. The standard InChI is InChI=1S/C13H15N3OS/c1-2-17-11-7-3-9(4-8-11)12-14-15-13(18)16(12)10-5-6-10/h3-4,7-8,10H,2,5-6H2,1H3,(H,15,18). The fraction of sp³-hybridized carbons (Fsp3) is 0.385. The number of nitrogens with one attached hydrogen (secondary N) is 1. The average molecular weight is 261 g/mol. The van der Waals surface area contributed by atoms with Crippen LogP contribution in [0.15, 0.2) is 24.3 Å². The Hall–Kier alpha value is -1.62. The molecule has 1 heterocycles. The minimum atomic E-state index is 0.526. The normalized spacial score (nSPS) is 14.7. The van der Waals surface area contributed by atoms with Gasteiger partial charge in [-0.25, -0.2) is 0 Å². The number of rotatable bonds is 4. The molecule has 0 bridgehead atoms. The molecule has 0 saturated heterocycles. The second-order valence-electron chi connectivity index (χ2n) is 4.41. The maximum absolute atomic E-state index is 5.44. The van der Waals surface area contributed by atoms with E-state index < -0.39 is 0 Å². The summed E-state index contributed by atoms with van der Waals surface area (Å²) in [6, 6.07) is 8.50. The van der Waals surface area contributed by atoms with Crippen LogP contribution in [0.4, 0.5) is 0 Å². The van der Waals surface area contributed by atoms with Crippen molar-refractivity contribution in [2.75, 3.05) is 6.61 Å². The van der Waals surface area contributed by atoms with Crippen LogP contribution >= 0.6 is 12.2 Å². The molecule has 4 nitrogen and oxygen atoms in total. The number of aromatic amines is 1. The van der Waals surface area contributed by atoms with Crippen molar-refractivity contribution in [3.05, 3.63) is 29.0 Å². The van der Waals surface area contributed by atoms with Gasteiger partial charge in [-0.1, -0.05) is 0 Å². The van der Waals surface area contributed by atoms with Crippen molar-refractivity contribution in [3.63, 3.8) is 0 Å². The molecule has 1 aromatic heterocycles. The van der Waals surface area contributed by atoms with Crippen molar-refractivity contribution >= 4 is 12.2 Å². The quantitative estimate of drug-likeness (QED) is 0.858. The number of benzene rings is 1. The lowest BCUT2D eigenvalue weighted by atomic mass is 10.2. The monoisotopic (exact) mass is 261 g/mol. The fourth-order valence-electron chi connectivity index (χ4n) is 2.05. The molecule has 1 aliphatic rings. The molecule has 0 atom stereocenters. The van der Waals surface area contributed by atoms with Gasteiger partial charge in [0.15, 0.2) is 10.6 Å². The van der Waals surface area contributed by atoms with Gasteiger partial charge in [0, 0.05) is 11.6 Å². The third-order valence-corrected chi connectivity index (χ3v) is 3.33. The van der Waals surface area contributed by atoms with Gasteiger partial charge in [0.2, 0.25) is 0 Å². The van der Waals surface area contributed by atoms with Crippen LogP contribution in [0.5, 0.6) is 5.75 Å². The van der Waals surface area contributed by atoms with Crippen LogP contribution in [0.25, 0.3) is 11.4 Å². The Balaban J connectivity index is 1.96. The maximum atomic E-state index is 5.44. The average Bonchev–Trinajstić information content (AvgIpc) is 3.14. The van der Waals surface area contributed by atoms with E-state index in [2.05, 4.69) is 14.8 Å². The van der Waals surface area contributed by atoms with Crippen LogP contribution in [0.1, 0.15) is 25.8 Å². The molecule has 0 spiro atoms. The topological polar surface area (TPSA) is 42.8 Å². The van der Waals surface area contributed by atoms with Gasteiger partial charge in [0.1, 0.15) is 5.75 Å². The molecular formula is C13H15N3OS. The second kappa shape index (κ2) is 4.57. The third-order valence-electron chi connectivity index (χ3n) is 3.04. The molecule has 3 rings (SSSR count). The van der Waals surface area contributed by atoms with Crippen molar-refractivity contribution in [1.29, 1.82) is 0 Å². The van der Waals surface area contributed by atoms with Crippen molar-refractivity contribution < 1.29 is 4.74 Å². The van der Waals surface area contributed by atoms with Crippen molar-refractivity contribution in [3.8, 4) is 17.1 Å². The molecule has 18 heavy (non-hydrogen) atoms. The predicted octanol–water partition coefficient (Wildman–Crippen LogP) is 3.34. The number of hydrogen-bond donors (Lipinski definition) is 1. The van der Waals surface area contributed by atoms with Gasteiger partial charge in [0.25, 0.3) is 0 Å². The molecule has 94 valence electrons. The smallest absolute Gasteiger partial charge is 0.195 e. The van der Waals surface area contributed by atoms with E-state index in [1.54, 1.807) is 0 Å². The maximum Gasteiger partial charge on any atom is 0.195 e. The minimum Gasteiger partial charge on any atom is -0.494 e. The summed E-state index contributed by atoms with van der Waals surface area (Å²) in [6.45, 7) is 2.66. The summed E-state index contributed by atoms with van der Waals surface area (Å²) in [5.41, 5.74) is 1.07. The summed E-state index contributed by atoms with van der Waals surface area (Å²) in [5.74, 6) is 1.80. The summed E-state index contributed by atoms with van der Waals surface area (Å²) >= 11 is 5.28. The Morgan fingerprint density at radius 1 is 1.39 bits per heavy atom. The molecule has 0 aliphatic heterocycles. The van der Waals surface area contributed by atoms with Gasteiger partial charge in [-0.15, -0.1) is 0 Å². The molecule has 1 N–H and O–H groups in total. The largest absolute Gasteiger partial charge is 0.494 e. The highest BCUT2D eigenvalue weighted by Crippen LogP contribution is 2.38. The van der Waals surface area contributed by atoms with Crippen molar-refractivity contribution in [2.45, 2.75) is 25.8 Å². The Morgan fingerprint density at radius 2 is 2.11 bits per heavy atom. The highest BCUT2D eigenvalue weighted by Gasteiger charge is 2.27.